The number of ether oxygens (including phenoxy) is 1. The summed E-state index contributed by atoms with van der Waals surface area (Å²) >= 11 is 0. The largest absolute Gasteiger partial charge is 0.444 e. The predicted molar refractivity (Wildman–Crippen MR) is 83.7 cm³/mol. The summed E-state index contributed by atoms with van der Waals surface area (Å²) in [5.41, 5.74) is 0.190. The number of likely N-dealkylation sites (tertiary alicyclic amines) is 1. The van der Waals surface area contributed by atoms with Crippen molar-refractivity contribution in [2.45, 2.75) is 65.1 Å². The molecule has 23 heavy (non-hydrogen) atoms. The minimum atomic E-state index is -0.576. The maximum atomic E-state index is 12.4. The van der Waals surface area contributed by atoms with Crippen molar-refractivity contribution in [2.24, 2.45) is 0 Å². The average Bonchev–Trinajstić information content (AvgIpc) is 2.88. The molecule has 0 radical (unpaired) electrons. The van der Waals surface area contributed by atoms with E-state index in [1.165, 1.54) is 4.90 Å². The molecule has 7 heteroatoms. The number of carbonyl (C=O) groups is 2. The van der Waals surface area contributed by atoms with Gasteiger partial charge >= 0.3 is 6.09 Å². The zero-order valence-corrected chi connectivity index (χ0v) is 14.2. The topological polar surface area (TPSA) is 84.7 Å². The van der Waals surface area contributed by atoms with Crippen LogP contribution in [-0.4, -0.2) is 40.2 Å². The standard InChI is InChI=1S/C16H25N3O4/c1-11-9-12(23-18-11)10-17-14(20)13-7-5-6-8-19(13)15(21)22-16(2,3)4/h9,13H,5-8,10H2,1-4H3,(H,17,20)/t13-/m0/s1. The fourth-order valence-electron chi connectivity index (χ4n) is 2.53. The Morgan fingerprint density at radius 1 is 1.43 bits per heavy atom. The highest BCUT2D eigenvalue weighted by Crippen LogP contribution is 2.20. The van der Waals surface area contributed by atoms with Gasteiger partial charge in [0.05, 0.1) is 12.2 Å². The number of aryl methyl sites for hydroxylation is 1. The number of carbonyl (C=O) groups excluding carboxylic acids is 2. The van der Waals surface area contributed by atoms with Gasteiger partial charge in [-0.2, -0.15) is 0 Å². The third-order valence-electron chi connectivity index (χ3n) is 3.55. The lowest BCUT2D eigenvalue weighted by atomic mass is 10.0. The number of hydrogen-bond acceptors (Lipinski definition) is 5. The highest BCUT2D eigenvalue weighted by atomic mass is 16.6. The predicted octanol–water partition coefficient (Wildman–Crippen LogP) is 2.39. The van der Waals surface area contributed by atoms with E-state index in [1.807, 2.05) is 27.7 Å². The molecule has 0 aliphatic carbocycles. The number of rotatable bonds is 3. The lowest BCUT2D eigenvalue weighted by molar-refractivity contribution is -0.127. The van der Waals surface area contributed by atoms with Crippen LogP contribution < -0.4 is 5.32 Å². The molecule has 0 unspecified atom stereocenters. The number of aromatic nitrogens is 1. The second-order valence-corrected chi connectivity index (χ2v) is 6.84. The second-order valence-electron chi connectivity index (χ2n) is 6.84. The van der Waals surface area contributed by atoms with Crippen LogP contribution in [0.1, 0.15) is 51.5 Å². The van der Waals surface area contributed by atoms with E-state index in [1.54, 1.807) is 6.07 Å². The Kier molecular flexibility index (Phi) is 5.28. The third kappa shape index (κ3) is 4.97. The van der Waals surface area contributed by atoms with Crippen molar-refractivity contribution in [2.75, 3.05) is 6.54 Å². The molecule has 0 saturated carbocycles. The van der Waals surface area contributed by atoms with Crippen LogP contribution in [-0.2, 0) is 16.1 Å². The van der Waals surface area contributed by atoms with Crippen molar-refractivity contribution in [3.05, 3.63) is 17.5 Å². The van der Waals surface area contributed by atoms with Crippen molar-refractivity contribution < 1.29 is 18.8 Å². The monoisotopic (exact) mass is 323 g/mol. The van der Waals surface area contributed by atoms with E-state index in [9.17, 15) is 9.59 Å². The quantitative estimate of drug-likeness (QED) is 0.923. The van der Waals surface area contributed by atoms with Gasteiger partial charge in [-0.1, -0.05) is 5.16 Å². The Labute approximate surface area is 136 Å². The Bertz CT molecular complexity index is 562. The highest BCUT2D eigenvalue weighted by Gasteiger charge is 2.34. The Hall–Kier alpha value is -2.05. The average molecular weight is 323 g/mol. The fourth-order valence-corrected chi connectivity index (χ4v) is 2.53. The van der Waals surface area contributed by atoms with E-state index < -0.39 is 17.7 Å². The minimum absolute atomic E-state index is 0.190. The molecule has 1 aromatic heterocycles. The molecule has 0 aromatic carbocycles. The maximum Gasteiger partial charge on any atom is 0.410 e. The molecule has 1 atom stereocenters. The summed E-state index contributed by atoms with van der Waals surface area (Å²) in [6.45, 7) is 8.06. The van der Waals surface area contributed by atoms with E-state index in [0.717, 1.165) is 18.5 Å². The van der Waals surface area contributed by atoms with Crippen LogP contribution in [0.2, 0.25) is 0 Å². The molecule has 7 nitrogen and oxygen atoms in total. The van der Waals surface area contributed by atoms with Gasteiger partial charge in [0, 0.05) is 12.6 Å². The van der Waals surface area contributed by atoms with E-state index >= 15 is 0 Å². The van der Waals surface area contributed by atoms with Crippen molar-refractivity contribution in [3.8, 4) is 0 Å². The summed E-state index contributed by atoms with van der Waals surface area (Å²) in [6, 6.07) is 1.27. The number of hydrogen-bond donors (Lipinski definition) is 1. The van der Waals surface area contributed by atoms with Crippen LogP contribution in [0.3, 0.4) is 0 Å². The van der Waals surface area contributed by atoms with Crippen LogP contribution in [0.25, 0.3) is 0 Å². The van der Waals surface area contributed by atoms with Gasteiger partial charge < -0.3 is 14.6 Å². The van der Waals surface area contributed by atoms with E-state index in [4.69, 9.17) is 9.26 Å². The maximum absolute atomic E-state index is 12.4. The number of piperidine rings is 1. The minimum Gasteiger partial charge on any atom is -0.444 e. The summed E-state index contributed by atoms with van der Waals surface area (Å²) in [5.74, 6) is 0.403. The van der Waals surface area contributed by atoms with E-state index in [2.05, 4.69) is 10.5 Å². The molecule has 2 amide bonds. The van der Waals surface area contributed by atoms with Crippen molar-refractivity contribution >= 4 is 12.0 Å². The molecule has 1 aliphatic rings. The van der Waals surface area contributed by atoms with Crippen LogP contribution >= 0.6 is 0 Å². The summed E-state index contributed by atoms with van der Waals surface area (Å²) in [5, 5.41) is 6.59. The van der Waals surface area contributed by atoms with Crippen LogP contribution in [0.5, 0.6) is 0 Å². The molecule has 1 fully saturated rings. The van der Waals surface area contributed by atoms with Gasteiger partial charge in [0.2, 0.25) is 5.91 Å². The molecule has 128 valence electrons. The van der Waals surface area contributed by atoms with Crippen LogP contribution in [0, 0.1) is 6.92 Å². The molecule has 1 aromatic rings. The third-order valence-corrected chi connectivity index (χ3v) is 3.55. The van der Waals surface area contributed by atoms with Crippen molar-refractivity contribution in [1.82, 2.24) is 15.4 Å². The number of amides is 2. The van der Waals surface area contributed by atoms with E-state index in [0.29, 0.717) is 18.7 Å². The fraction of sp³-hybridized carbons (Fsp3) is 0.688. The SMILES string of the molecule is Cc1cc(CNC(=O)[C@@H]2CCCCN2C(=O)OC(C)(C)C)on1. The van der Waals surface area contributed by atoms with Gasteiger partial charge in [-0.05, 0) is 47.0 Å². The van der Waals surface area contributed by atoms with Gasteiger partial charge in [-0.25, -0.2) is 4.79 Å². The molecule has 1 aliphatic heterocycles. The second kappa shape index (κ2) is 7.02. The molecule has 0 bridgehead atoms. The Balaban J connectivity index is 1.96. The Morgan fingerprint density at radius 3 is 2.78 bits per heavy atom. The zero-order chi connectivity index (χ0) is 17.0. The number of nitrogens with zero attached hydrogens (tertiary/aromatic N) is 2. The normalized spacial score (nSPS) is 18.6. The smallest absolute Gasteiger partial charge is 0.410 e. The van der Waals surface area contributed by atoms with E-state index in [-0.39, 0.29) is 12.5 Å². The van der Waals surface area contributed by atoms with Crippen molar-refractivity contribution in [3.63, 3.8) is 0 Å². The molecule has 0 spiro atoms. The molecule has 1 saturated heterocycles. The highest BCUT2D eigenvalue weighted by molar-refractivity contribution is 5.85. The van der Waals surface area contributed by atoms with Crippen LogP contribution in [0.15, 0.2) is 10.6 Å². The lowest BCUT2D eigenvalue weighted by Crippen LogP contribution is -2.52. The summed E-state index contributed by atoms with van der Waals surface area (Å²) in [6.07, 6.45) is 2.00. The molecule has 2 heterocycles. The number of nitrogens with one attached hydrogen (secondary N) is 1. The van der Waals surface area contributed by atoms with Gasteiger partial charge in [0.15, 0.2) is 5.76 Å². The van der Waals surface area contributed by atoms with Gasteiger partial charge in [0.1, 0.15) is 11.6 Å². The first-order chi connectivity index (χ1) is 10.8. The van der Waals surface area contributed by atoms with Crippen molar-refractivity contribution in [1.29, 1.82) is 0 Å². The van der Waals surface area contributed by atoms with Gasteiger partial charge in [-0.15, -0.1) is 0 Å². The zero-order valence-electron chi connectivity index (χ0n) is 14.2. The van der Waals surface area contributed by atoms with Crippen LogP contribution in [0.4, 0.5) is 4.79 Å². The molecular formula is C16H25N3O4. The summed E-state index contributed by atoms with van der Waals surface area (Å²) < 4.78 is 10.5. The summed E-state index contributed by atoms with van der Waals surface area (Å²) in [7, 11) is 0. The van der Waals surface area contributed by atoms with Gasteiger partial charge in [-0.3, -0.25) is 9.69 Å². The first-order valence-electron chi connectivity index (χ1n) is 7.96. The van der Waals surface area contributed by atoms with Gasteiger partial charge in [0.25, 0.3) is 0 Å². The summed E-state index contributed by atoms with van der Waals surface area (Å²) in [4.78, 5) is 26.3. The first-order valence-corrected chi connectivity index (χ1v) is 7.96. The molecule has 2 rings (SSSR count). The molecule has 1 N–H and O–H groups in total. The lowest BCUT2D eigenvalue weighted by Gasteiger charge is -2.35. The molecular weight excluding hydrogens is 298 g/mol. The Morgan fingerprint density at radius 2 is 2.17 bits per heavy atom. The first kappa shape index (κ1) is 17.3.